The Hall–Kier alpha value is -0.610. The molecule has 6 atom stereocenters. The monoisotopic (exact) mass is 1250 g/mol. The first-order chi connectivity index (χ1) is 43.9. The van der Waals surface area contributed by atoms with Gasteiger partial charge in [0.1, 0.15) is 0 Å². The quantitative estimate of drug-likeness (QED) is 0.0596. The fraction of sp³-hybridized carbons (Fsp3) is 0.988. The summed E-state index contributed by atoms with van der Waals surface area (Å²) in [6, 6.07) is 0. The van der Waals surface area contributed by atoms with Crippen molar-refractivity contribution in [3.8, 4) is 0 Å². The predicted octanol–water partition coefficient (Wildman–Crippen LogP) is 29.9. The first kappa shape index (κ1) is 86.4. The number of rotatable bonds is 79. The number of carbonyl (C=O) groups is 1. The largest absolute Gasteiger partial charge is 0.481 e. The molecule has 0 saturated heterocycles. The Kier molecular flexibility index (Phi) is 69.6. The number of aliphatic carboxylic acids is 1. The molecule has 0 bridgehead atoms. The third kappa shape index (κ3) is 63.2. The number of carboxylic acids is 1. The lowest BCUT2D eigenvalue weighted by Crippen LogP contribution is -2.28. The number of hydrogen-bond acceptors (Lipinski definition) is 3. The predicted molar refractivity (Wildman–Crippen MR) is 397 cm³/mol. The van der Waals surface area contributed by atoms with Gasteiger partial charge < -0.3 is 14.9 Å². The van der Waals surface area contributed by atoms with Crippen molar-refractivity contribution in [1.29, 1.82) is 0 Å². The van der Waals surface area contributed by atoms with Crippen LogP contribution in [-0.4, -0.2) is 35.5 Å². The summed E-state index contributed by atoms with van der Waals surface area (Å²) in [6.07, 6.45) is 102. The summed E-state index contributed by atoms with van der Waals surface area (Å²) in [6.45, 7) is 7.06. The van der Waals surface area contributed by atoms with Crippen molar-refractivity contribution in [3.05, 3.63) is 0 Å². The van der Waals surface area contributed by atoms with E-state index in [-0.39, 0.29) is 0 Å². The number of aliphatic hydroxyl groups excluding tert-OH is 1. The van der Waals surface area contributed by atoms with Gasteiger partial charge in [-0.05, 0) is 49.9 Å². The number of ether oxygens (including phenoxy) is 1. The summed E-state index contributed by atoms with van der Waals surface area (Å²) in [7, 11) is 1.96. The highest BCUT2D eigenvalue weighted by molar-refractivity contribution is 5.70. The van der Waals surface area contributed by atoms with Crippen LogP contribution >= 0.6 is 0 Å². The Morgan fingerprint density at radius 1 is 0.303 bits per heavy atom. The van der Waals surface area contributed by atoms with Gasteiger partial charge in [0.2, 0.25) is 0 Å². The second-order valence-corrected chi connectivity index (χ2v) is 30.7. The van der Waals surface area contributed by atoms with Gasteiger partial charge in [0.25, 0.3) is 0 Å². The lowest BCUT2D eigenvalue weighted by Gasteiger charge is -2.22. The highest BCUT2D eigenvalue weighted by atomic mass is 16.5. The summed E-state index contributed by atoms with van der Waals surface area (Å²) < 4.78 is 5.98. The van der Waals surface area contributed by atoms with E-state index in [1.165, 1.54) is 430 Å². The highest BCUT2D eigenvalue weighted by Gasteiger charge is 2.35. The van der Waals surface area contributed by atoms with Crippen LogP contribution in [0.5, 0.6) is 0 Å². The lowest BCUT2D eigenvalue weighted by atomic mass is 9.91. The summed E-state index contributed by atoms with van der Waals surface area (Å²) >= 11 is 0. The smallest absolute Gasteiger partial charge is 0.309 e. The maximum Gasteiger partial charge on any atom is 0.309 e. The van der Waals surface area contributed by atoms with Gasteiger partial charge in [-0.2, -0.15) is 0 Å². The van der Waals surface area contributed by atoms with Gasteiger partial charge in [-0.25, -0.2) is 0 Å². The van der Waals surface area contributed by atoms with Gasteiger partial charge in [0.05, 0.1) is 18.1 Å². The van der Waals surface area contributed by atoms with Gasteiger partial charge in [-0.15, -0.1) is 0 Å². The minimum Gasteiger partial charge on any atom is -0.481 e. The maximum atomic E-state index is 12.0. The molecule has 89 heavy (non-hydrogen) atoms. The van der Waals surface area contributed by atoms with E-state index >= 15 is 0 Å². The van der Waals surface area contributed by atoms with Crippen LogP contribution in [0.4, 0.5) is 0 Å². The molecule has 0 radical (unpaired) electrons. The van der Waals surface area contributed by atoms with Crippen LogP contribution in [-0.2, 0) is 9.53 Å². The zero-order valence-corrected chi connectivity index (χ0v) is 62.0. The summed E-state index contributed by atoms with van der Waals surface area (Å²) in [5, 5.41) is 20.6. The number of methoxy groups -OCH3 is 1. The molecule has 1 aliphatic rings. The summed E-state index contributed by atoms with van der Waals surface area (Å²) in [4.78, 5) is 12.0. The summed E-state index contributed by atoms with van der Waals surface area (Å²) in [5.41, 5.74) is 0. The zero-order valence-electron chi connectivity index (χ0n) is 62.0. The van der Waals surface area contributed by atoms with Crippen molar-refractivity contribution in [1.82, 2.24) is 0 Å². The molecule has 4 nitrogen and oxygen atoms in total. The van der Waals surface area contributed by atoms with Crippen molar-refractivity contribution >= 4 is 5.97 Å². The number of unbranched alkanes of at least 4 members (excludes halogenated alkanes) is 63. The SMILES string of the molecule is CCCCCCCCCCCCCCCCCCCCCCCC[C@@H](C(=O)O)[C@H](O)CCCCCCCCCCCCCCCCC[C@@H]1CC1CCCCCCCCCCCCCCCC[C@@H](OC)[C@@H](C)CCCCCCCCCCCCCCCCCC. The number of hydrogen-bond donors (Lipinski definition) is 2. The van der Waals surface area contributed by atoms with E-state index in [2.05, 4.69) is 20.8 Å². The Labute approximate surface area is 561 Å². The van der Waals surface area contributed by atoms with Gasteiger partial charge in [-0.1, -0.05) is 464 Å². The molecule has 0 aromatic rings. The van der Waals surface area contributed by atoms with Gasteiger partial charge in [-0.3, -0.25) is 4.79 Å². The first-order valence-corrected chi connectivity index (χ1v) is 42.4. The van der Waals surface area contributed by atoms with Crippen LogP contribution in [0, 0.1) is 23.7 Å². The minimum absolute atomic E-state index is 0.470. The van der Waals surface area contributed by atoms with Crippen LogP contribution in [0.2, 0.25) is 0 Å². The molecule has 2 N–H and O–H groups in total. The number of carboxylic acid groups (broad SMARTS) is 1. The molecule has 0 amide bonds. The van der Waals surface area contributed by atoms with Crippen molar-refractivity contribution < 1.29 is 19.7 Å². The molecule has 4 heteroatoms. The molecule has 0 heterocycles. The second-order valence-electron chi connectivity index (χ2n) is 30.7. The molecule has 0 aliphatic heterocycles. The van der Waals surface area contributed by atoms with E-state index in [0.717, 1.165) is 37.5 Å². The van der Waals surface area contributed by atoms with Crippen LogP contribution in [0.25, 0.3) is 0 Å². The van der Waals surface area contributed by atoms with Crippen LogP contribution in [0.3, 0.4) is 0 Å². The van der Waals surface area contributed by atoms with Crippen molar-refractivity contribution in [2.75, 3.05) is 7.11 Å². The third-order valence-corrected chi connectivity index (χ3v) is 22.1. The molecule has 0 aromatic carbocycles. The minimum atomic E-state index is -0.798. The summed E-state index contributed by atoms with van der Waals surface area (Å²) in [5.74, 6) is 1.50. The number of aliphatic hydroxyl groups is 1. The van der Waals surface area contributed by atoms with E-state index in [1.54, 1.807) is 6.42 Å². The highest BCUT2D eigenvalue weighted by Crippen LogP contribution is 2.46. The Bertz CT molecular complexity index is 1330. The molecular formula is C85H168O4. The standard InChI is InChI=1S/C85H168O4/c1-5-7-9-11-13-15-17-19-21-23-24-25-26-27-28-32-39-45-51-57-63-69-75-82(85(87)88)83(86)76-70-64-58-52-46-40-33-29-31-37-43-49-55-61-67-73-80-78-81(80)74-68-62-56-50-44-38-34-35-41-47-53-59-65-71-77-84(89-4)79(3)72-66-60-54-48-42-36-30-22-20-18-16-14-12-10-8-6-2/h79-84,86H,5-78H2,1-4H3,(H,87,88)/t79-,80+,81?,82+,83+,84+/m0/s1. The molecular weight excluding hydrogens is 1080 g/mol. The fourth-order valence-corrected chi connectivity index (χ4v) is 15.4. The van der Waals surface area contributed by atoms with Gasteiger partial charge in [0.15, 0.2) is 0 Å². The van der Waals surface area contributed by atoms with E-state index in [4.69, 9.17) is 4.74 Å². The average molecular weight is 1250 g/mol. The fourth-order valence-electron chi connectivity index (χ4n) is 15.4. The van der Waals surface area contributed by atoms with E-state index < -0.39 is 18.0 Å². The van der Waals surface area contributed by atoms with Gasteiger partial charge in [0, 0.05) is 7.11 Å². The second kappa shape index (κ2) is 71.7. The van der Waals surface area contributed by atoms with E-state index in [1.807, 2.05) is 7.11 Å². The normalized spacial score (nSPS) is 15.5. The van der Waals surface area contributed by atoms with Crippen molar-refractivity contribution in [2.45, 2.75) is 508 Å². The lowest BCUT2D eigenvalue weighted by molar-refractivity contribution is -0.146. The van der Waals surface area contributed by atoms with E-state index in [9.17, 15) is 15.0 Å². The van der Waals surface area contributed by atoms with Crippen LogP contribution in [0.1, 0.15) is 496 Å². The molecule has 532 valence electrons. The molecule has 1 aliphatic carbocycles. The average Bonchev–Trinajstić information content (AvgIpc) is 4.32. The Balaban J connectivity index is 1.76. The van der Waals surface area contributed by atoms with Crippen LogP contribution in [0.15, 0.2) is 0 Å². The molecule has 1 saturated carbocycles. The van der Waals surface area contributed by atoms with Gasteiger partial charge >= 0.3 is 5.97 Å². The topological polar surface area (TPSA) is 66.8 Å². The first-order valence-electron chi connectivity index (χ1n) is 42.4. The molecule has 1 unspecified atom stereocenters. The Morgan fingerprint density at radius 3 is 0.742 bits per heavy atom. The zero-order chi connectivity index (χ0) is 64.1. The molecule has 1 rings (SSSR count). The van der Waals surface area contributed by atoms with Crippen LogP contribution < -0.4 is 0 Å². The maximum absolute atomic E-state index is 12.0. The molecule has 0 spiro atoms. The third-order valence-electron chi connectivity index (χ3n) is 22.1. The molecule has 1 fully saturated rings. The van der Waals surface area contributed by atoms with Crippen molar-refractivity contribution in [3.63, 3.8) is 0 Å². The molecule has 0 aromatic heterocycles. The Morgan fingerprint density at radius 2 is 0.506 bits per heavy atom. The van der Waals surface area contributed by atoms with E-state index in [0.29, 0.717) is 24.9 Å². The van der Waals surface area contributed by atoms with Crippen molar-refractivity contribution in [2.24, 2.45) is 23.7 Å².